The second-order valence-corrected chi connectivity index (χ2v) is 5.65. The topological polar surface area (TPSA) is 79.2 Å². The molecule has 1 aromatic carbocycles. The summed E-state index contributed by atoms with van der Waals surface area (Å²) >= 11 is 0. The number of aliphatic hydroxyl groups excluding tert-OH is 1. The minimum absolute atomic E-state index is 0.168. The number of benzene rings is 1. The Labute approximate surface area is 134 Å². The average Bonchev–Trinajstić information content (AvgIpc) is 2.93. The molecule has 0 spiro atoms. The third-order valence-corrected chi connectivity index (χ3v) is 3.29. The fraction of sp³-hybridized carbons (Fsp3) is 0.375. The van der Waals surface area contributed by atoms with Gasteiger partial charge in [-0.15, -0.1) is 0 Å². The summed E-state index contributed by atoms with van der Waals surface area (Å²) in [4.78, 5) is 11.8. The summed E-state index contributed by atoms with van der Waals surface area (Å²) in [5.74, 6) is -0.222. The summed E-state index contributed by atoms with van der Waals surface area (Å²) in [5.41, 5.74) is 0.778. The average molecular weight is 320 g/mol. The third kappa shape index (κ3) is 5.07. The Morgan fingerprint density at radius 2 is 2.13 bits per heavy atom. The summed E-state index contributed by atoms with van der Waals surface area (Å²) in [6.45, 7) is 4.12. The van der Waals surface area contributed by atoms with E-state index in [4.69, 9.17) is 0 Å². The van der Waals surface area contributed by atoms with Crippen LogP contribution in [0.4, 0.5) is 14.9 Å². The molecule has 7 heteroatoms. The molecule has 0 aliphatic rings. The number of rotatable bonds is 6. The van der Waals surface area contributed by atoms with Gasteiger partial charge in [0.15, 0.2) is 0 Å². The van der Waals surface area contributed by atoms with E-state index >= 15 is 0 Å². The fourth-order valence-corrected chi connectivity index (χ4v) is 2.26. The van der Waals surface area contributed by atoms with E-state index in [-0.39, 0.29) is 11.9 Å². The Kier molecular flexibility index (Phi) is 5.70. The van der Waals surface area contributed by atoms with Gasteiger partial charge in [-0.2, -0.15) is 5.10 Å². The van der Waals surface area contributed by atoms with Gasteiger partial charge in [-0.05, 0) is 31.4 Å². The molecule has 124 valence electrons. The van der Waals surface area contributed by atoms with E-state index in [1.54, 1.807) is 25.1 Å². The standard InChI is InChI=1S/C16H21FN4O2/c1-11(7-12(2)22)8-18-16(23)20-13-9-19-21(10-13)15-6-4-3-5-14(15)17/h3-6,9-12,22H,7-8H2,1-2H3,(H2,18,20,23). The highest BCUT2D eigenvalue weighted by atomic mass is 19.1. The number of nitrogens with zero attached hydrogens (tertiary/aromatic N) is 2. The van der Waals surface area contributed by atoms with Crippen molar-refractivity contribution in [2.75, 3.05) is 11.9 Å². The van der Waals surface area contributed by atoms with E-state index in [1.807, 2.05) is 6.92 Å². The maximum absolute atomic E-state index is 13.7. The third-order valence-electron chi connectivity index (χ3n) is 3.29. The van der Waals surface area contributed by atoms with Crippen LogP contribution in [-0.4, -0.2) is 33.6 Å². The predicted molar refractivity (Wildman–Crippen MR) is 86.0 cm³/mol. The summed E-state index contributed by atoms with van der Waals surface area (Å²) in [6, 6.07) is 5.90. The Morgan fingerprint density at radius 3 is 2.83 bits per heavy atom. The Balaban J connectivity index is 1.89. The molecule has 0 fully saturated rings. The number of nitrogens with one attached hydrogen (secondary N) is 2. The summed E-state index contributed by atoms with van der Waals surface area (Å²) in [6.07, 6.45) is 3.21. The van der Waals surface area contributed by atoms with Crippen LogP contribution < -0.4 is 10.6 Å². The molecule has 0 aliphatic heterocycles. The van der Waals surface area contributed by atoms with Gasteiger partial charge in [0.2, 0.25) is 0 Å². The van der Waals surface area contributed by atoms with Gasteiger partial charge in [0.05, 0.1) is 24.2 Å². The van der Waals surface area contributed by atoms with Crippen molar-refractivity contribution in [3.05, 3.63) is 42.5 Å². The molecule has 0 bridgehead atoms. The zero-order valence-electron chi connectivity index (χ0n) is 13.2. The molecule has 3 N–H and O–H groups in total. The Hall–Kier alpha value is -2.41. The number of halogens is 1. The molecule has 1 heterocycles. The molecule has 0 saturated heterocycles. The second kappa shape index (κ2) is 7.73. The smallest absolute Gasteiger partial charge is 0.319 e. The van der Waals surface area contributed by atoms with Crippen molar-refractivity contribution in [2.45, 2.75) is 26.4 Å². The lowest BCUT2D eigenvalue weighted by Crippen LogP contribution is -2.33. The number of anilines is 1. The fourth-order valence-electron chi connectivity index (χ4n) is 2.26. The number of amides is 2. The number of hydrogen-bond acceptors (Lipinski definition) is 3. The van der Waals surface area contributed by atoms with Gasteiger partial charge in [-0.1, -0.05) is 19.1 Å². The SMILES string of the molecule is CC(O)CC(C)CNC(=O)Nc1cnn(-c2ccccc2F)c1. The minimum Gasteiger partial charge on any atom is -0.393 e. The molecular weight excluding hydrogens is 299 g/mol. The van der Waals surface area contributed by atoms with Crippen LogP contribution in [0.3, 0.4) is 0 Å². The van der Waals surface area contributed by atoms with Gasteiger partial charge in [-0.25, -0.2) is 13.9 Å². The molecule has 6 nitrogen and oxygen atoms in total. The van der Waals surface area contributed by atoms with Crippen LogP contribution in [0.2, 0.25) is 0 Å². The van der Waals surface area contributed by atoms with E-state index < -0.39 is 11.9 Å². The van der Waals surface area contributed by atoms with Crippen LogP contribution >= 0.6 is 0 Å². The molecule has 2 atom stereocenters. The zero-order valence-corrected chi connectivity index (χ0v) is 13.2. The molecule has 2 aromatic rings. The molecule has 23 heavy (non-hydrogen) atoms. The first kappa shape index (κ1) is 17.0. The highest BCUT2D eigenvalue weighted by Gasteiger charge is 2.10. The monoisotopic (exact) mass is 320 g/mol. The summed E-state index contributed by atoms with van der Waals surface area (Å²) < 4.78 is 15.0. The molecule has 0 saturated carbocycles. The highest BCUT2D eigenvalue weighted by Crippen LogP contribution is 2.14. The van der Waals surface area contributed by atoms with Crippen LogP contribution in [0.5, 0.6) is 0 Å². The minimum atomic E-state index is -0.395. The first-order valence-corrected chi connectivity index (χ1v) is 7.48. The number of carbonyl (C=O) groups excluding carboxylic acids is 1. The lowest BCUT2D eigenvalue weighted by Gasteiger charge is -2.14. The molecule has 0 radical (unpaired) electrons. The van der Waals surface area contributed by atoms with Crippen molar-refractivity contribution in [3.8, 4) is 5.69 Å². The number of aromatic nitrogens is 2. The number of aliphatic hydroxyl groups is 1. The number of urea groups is 1. The van der Waals surface area contributed by atoms with E-state index in [0.717, 1.165) is 0 Å². The zero-order chi connectivity index (χ0) is 16.8. The van der Waals surface area contributed by atoms with Crippen molar-refractivity contribution < 1.29 is 14.3 Å². The predicted octanol–water partition coefficient (Wildman–Crippen LogP) is 2.54. The lowest BCUT2D eigenvalue weighted by atomic mass is 10.1. The summed E-state index contributed by atoms with van der Waals surface area (Å²) in [7, 11) is 0. The van der Waals surface area contributed by atoms with Crippen molar-refractivity contribution >= 4 is 11.7 Å². The van der Waals surface area contributed by atoms with Crippen molar-refractivity contribution in [1.82, 2.24) is 15.1 Å². The lowest BCUT2D eigenvalue weighted by molar-refractivity contribution is 0.163. The molecule has 1 aromatic heterocycles. The van der Waals surface area contributed by atoms with Crippen molar-refractivity contribution in [3.63, 3.8) is 0 Å². The quantitative estimate of drug-likeness (QED) is 0.765. The van der Waals surface area contributed by atoms with Crippen LogP contribution in [0.1, 0.15) is 20.3 Å². The van der Waals surface area contributed by atoms with Gasteiger partial charge in [0, 0.05) is 6.54 Å². The van der Waals surface area contributed by atoms with Crippen LogP contribution in [0.15, 0.2) is 36.7 Å². The van der Waals surface area contributed by atoms with Gasteiger partial charge in [0.1, 0.15) is 11.5 Å². The first-order chi connectivity index (χ1) is 11.0. The van der Waals surface area contributed by atoms with Crippen LogP contribution in [0.25, 0.3) is 5.69 Å². The number of carbonyl (C=O) groups is 1. The number of para-hydroxylation sites is 1. The second-order valence-electron chi connectivity index (χ2n) is 5.65. The molecule has 0 aliphatic carbocycles. The van der Waals surface area contributed by atoms with E-state index in [0.29, 0.717) is 24.3 Å². The Morgan fingerprint density at radius 1 is 1.39 bits per heavy atom. The van der Waals surface area contributed by atoms with Gasteiger partial charge >= 0.3 is 6.03 Å². The highest BCUT2D eigenvalue weighted by molar-refractivity contribution is 5.88. The van der Waals surface area contributed by atoms with E-state index in [2.05, 4.69) is 15.7 Å². The van der Waals surface area contributed by atoms with Crippen LogP contribution in [0, 0.1) is 11.7 Å². The van der Waals surface area contributed by atoms with Gasteiger partial charge < -0.3 is 15.7 Å². The van der Waals surface area contributed by atoms with E-state index in [9.17, 15) is 14.3 Å². The van der Waals surface area contributed by atoms with Gasteiger partial charge in [0.25, 0.3) is 0 Å². The maximum Gasteiger partial charge on any atom is 0.319 e. The number of hydrogen-bond donors (Lipinski definition) is 3. The largest absolute Gasteiger partial charge is 0.393 e. The van der Waals surface area contributed by atoms with Crippen molar-refractivity contribution in [1.29, 1.82) is 0 Å². The van der Waals surface area contributed by atoms with Crippen LogP contribution in [-0.2, 0) is 0 Å². The first-order valence-electron chi connectivity index (χ1n) is 7.48. The molecule has 2 amide bonds. The maximum atomic E-state index is 13.7. The van der Waals surface area contributed by atoms with Crippen molar-refractivity contribution in [2.24, 2.45) is 5.92 Å². The normalized spacial score (nSPS) is 13.4. The summed E-state index contributed by atoms with van der Waals surface area (Å²) in [5, 5.41) is 18.7. The van der Waals surface area contributed by atoms with E-state index in [1.165, 1.54) is 23.1 Å². The van der Waals surface area contributed by atoms with Gasteiger partial charge in [-0.3, -0.25) is 0 Å². The Bertz CT molecular complexity index is 657. The molecular formula is C16H21FN4O2. The molecule has 2 rings (SSSR count). The molecule has 2 unspecified atom stereocenters.